The van der Waals surface area contributed by atoms with Crippen molar-refractivity contribution >= 4 is 44.9 Å². The largest absolute Gasteiger partial charge is 0.488 e. The molecule has 1 fully saturated rings. The van der Waals surface area contributed by atoms with E-state index in [-0.39, 0.29) is 17.6 Å². The third-order valence-electron chi connectivity index (χ3n) is 7.66. The Morgan fingerprint density at radius 1 is 1.05 bits per heavy atom. The monoisotopic (exact) mass is 607 g/mol. The number of nitrogens with one attached hydrogen (secondary N) is 1. The summed E-state index contributed by atoms with van der Waals surface area (Å²) >= 11 is 1.20. The molecule has 10 nitrogen and oxygen atoms in total. The van der Waals surface area contributed by atoms with Gasteiger partial charge in [-0.25, -0.2) is 4.79 Å². The molecule has 230 valence electrons. The number of thiophene rings is 1. The number of benzene rings is 2. The second-order valence-corrected chi connectivity index (χ2v) is 14.4. The molecule has 5 rings (SSSR count). The molecule has 0 radical (unpaired) electrons. The predicted molar refractivity (Wildman–Crippen MR) is 168 cm³/mol. The van der Waals surface area contributed by atoms with Crippen LogP contribution in [0.2, 0.25) is 0 Å². The average Bonchev–Trinajstić information content (AvgIpc) is 3.32. The van der Waals surface area contributed by atoms with Gasteiger partial charge in [0.05, 0.1) is 15.6 Å². The highest BCUT2D eigenvalue weighted by Crippen LogP contribution is 2.49. The second-order valence-electron chi connectivity index (χ2n) is 13.4. The van der Waals surface area contributed by atoms with Crippen molar-refractivity contribution in [3.8, 4) is 5.75 Å². The summed E-state index contributed by atoms with van der Waals surface area (Å²) in [6, 6.07) is 9.15. The molecular weight excluding hydrogens is 566 g/mol. The van der Waals surface area contributed by atoms with E-state index in [2.05, 4.69) is 5.32 Å². The Hall–Kier alpha value is -3.67. The van der Waals surface area contributed by atoms with Crippen LogP contribution < -0.4 is 27.3 Å². The highest BCUT2D eigenvalue weighted by Gasteiger charge is 2.49. The van der Waals surface area contributed by atoms with Crippen LogP contribution >= 0.6 is 11.3 Å². The number of hydrogen-bond acceptors (Lipinski definition) is 9. The summed E-state index contributed by atoms with van der Waals surface area (Å²) in [7, 11) is 0. The van der Waals surface area contributed by atoms with Crippen LogP contribution in [0.15, 0.2) is 36.4 Å². The minimum Gasteiger partial charge on any atom is -0.488 e. The van der Waals surface area contributed by atoms with Gasteiger partial charge in [0.1, 0.15) is 22.5 Å². The molecule has 0 saturated carbocycles. The molecule has 1 saturated heterocycles. The van der Waals surface area contributed by atoms with Crippen molar-refractivity contribution in [3.05, 3.63) is 58.0 Å². The lowest BCUT2D eigenvalue weighted by Crippen LogP contribution is -2.53. The van der Waals surface area contributed by atoms with Gasteiger partial charge in [0.2, 0.25) is 0 Å². The van der Waals surface area contributed by atoms with Crippen molar-refractivity contribution in [2.45, 2.75) is 83.2 Å². The Bertz CT molecular complexity index is 1590. The van der Waals surface area contributed by atoms with Crippen molar-refractivity contribution in [2.75, 3.05) is 18.8 Å². The smallest absolute Gasteiger partial charge is 0.410 e. The number of anilines is 1. The maximum Gasteiger partial charge on any atom is 0.410 e. The van der Waals surface area contributed by atoms with E-state index in [0.717, 1.165) is 0 Å². The SMILES string of the molecule is CC(C)(C)OC(=O)N1CCC[C@@H](NC(=O)c2sc3c(N)ccc4c3c2[C@@H](N)C(=O)[C@@]4(N)c2ccc(OC(C)(C)C)cc2)C1. The van der Waals surface area contributed by atoms with Crippen LogP contribution in [-0.2, 0) is 15.1 Å². The summed E-state index contributed by atoms with van der Waals surface area (Å²) < 4.78 is 12.1. The second kappa shape index (κ2) is 10.8. The van der Waals surface area contributed by atoms with Crippen molar-refractivity contribution in [3.63, 3.8) is 0 Å². The van der Waals surface area contributed by atoms with Crippen molar-refractivity contribution < 1.29 is 23.9 Å². The van der Waals surface area contributed by atoms with E-state index < -0.39 is 29.1 Å². The molecule has 2 aromatic carbocycles. The molecule has 0 spiro atoms. The normalized spacial score (nSPS) is 22.4. The molecule has 1 aliphatic heterocycles. The van der Waals surface area contributed by atoms with Gasteiger partial charge in [0, 0.05) is 35.8 Å². The molecule has 2 amide bonds. The first-order valence-electron chi connectivity index (χ1n) is 14.5. The summed E-state index contributed by atoms with van der Waals surface area (Å²) in [6.45, 7) is 12.2. The number of nitrogens with two attached hydrogens (primary N) is 3. The first-order chi connectivity index (χ1) is 20.0. The van der Waals surface area contributed by atoms with E-state index >= 15 is 0 Å². The van der Waals surface area contributed by atoms with Crippen molar-refractivity contribution in [1.29, 1.82) is 0 Å². The highest BCUT2D eigenvalue weighted by molar-refractivity contribution is 7.21. The van der Waals surface area contributed by atoms with E-state index in [9.17, 15) is 14.4 Å². The number of rotatable bonds is 4. The van der Waals surface area contributed by atoms with Crippen molar-refractivity contribution in [1.82, 2.24) is 10.2 Å². The lowest BCUT2D eigenvalue weighted by atomic mass is 9.70. The summed E-state index contributed by atoms with van der Waals surface area (Å²) in [5.41, 5.74) is 19.5. The number of nitrogens with zero attached hydrogens (tertiary/aromatic N) is 1. The number of nitrogen functional groups attached to an aromatic ring is 1. The topological polar surface area (TPSA) is 163 Å². The zero-order valence-electron chi connectivity index (χ0n) is 25.6. The molecule has 11 heteroatoms. The first kappa shape index (κ1) is 30.8. The maximum absolute atomic E-state index is 14.0. The Balaban J connectivity index is 1.49. The first-order valence-corrected chi connectivity index (χ1v) is 15.3. The van der Waals surface area contributed by atoms with Gasteiger partial charge in [-0.05, 0) is 83.7 Å². The Kier molecular flexibility index (Phi) is 7.73. The fourth-order valence-corrected chi connectivity index (χ4v) is 7.03. The molecular formula is C32H41N5O5S. The lowest BCUT2D eigenvalue weighted by Gasteiger charge is -2.37. The summed E-state index contributed by atoms with van der Waals surface area (Å²) in [6.07, 6.45) is 1.00. The number of hydrogen-bond donors (Lipinski definition) is 4. The fraction of sp³-hybridized carbons (Fsp3) is 0.469. The maximum atomic E-state index is 14.0. The van der Waals surface area contributed by atoms with E-state index in [1.54, 1.807) is 41.3 Å². The van der Waals surface area contributed by atoms with Gasteiger partial charge in [0.25, 0.3) is 5.91 Å². The molecule has 1 aliphatic carbocycles. The van der Waals surface area contributed by atoms with Gasteiger partial charge in [-0.2, -0.15) is 0 Å². The number of ketones is 1. The quantitative estimate of drug-likeness (QED) is 0.313. The summed E-state index contributed by atoms with van der Waals surface area (Å²) in [5, 5.41) is 3.70. The van der Waals surface area contributed by atoms with E-state index in [1.165, 1.54) is 11.3 Å². The van der Waals surface area contributed by atoms with E-state index in [0.29, 0.717) is 69.0 Å². The fourth-order valence-electron chi connectivity index (χ4n) is 5.83. The van der Waals surface area contributed by atoms with Gasteiger partial charge in [0.15, 0.2) is 5.78 Å². The number of ether oxygens (including phenoxy) is 2. The lowest BCUT2D eigenvalue weighted by molar-refractivity contribution is -0.124. The molecule has 7 N–H and O–H groups in total. The Morgan fingerprint density at radius 2 is 1.72 bits per heavy atom. The van der Waals surface area contributed by atoms with E-state index in [4.69, 9.17) is 26.7 Å². The Morgan fingerprint density at radius 3 is 2.35 bits per heavy atom. The molecule has 0 bridgehead atoms. The van der Waals surface area contributed by atoms with Crippen molar-refractivity contribution in [2.24, 2.45) is 11.5 Å². The standard InChI is InChI=1S/C32H41N5O5S/c1-30(2,3)41-19-11-9-17(10-12-19)32(35)20-13-14-21(33)25-22(20)23(24(34)27(32)38)26(43-25)28(39)36-18-8-7-15-37(16-18)29(40)42-31(4,5)6/h9-14,18,24H,7-8,15-16,33-35H2,1-6H3,(H,36,39)/t18-,24-,32-/m1/s1. The summed E-state index contributed by atoms with van der Waals surface area (Å²) in [5.74, 6) is -0.135. The molecule has 0 unspecified atom stereocenters. The predicted octanol–water partition coefficient (Wildman–Crippen LogP) is 4.57. The Labute approximate surface area is 255 Å². The molecule has 3 atom stereocenters. The minimum absolute atomic E-state index is 0.291. The highest BCUT2D eigenvalue weighted by atomic mass is 32.1. The van der Waals surface area contributed by atoms with Gasteiger partial charge >= 0.3 is 6.09 Å². The molecule has 2 aliphatic rings. The van der Waals surface area contributed by atoms with Gasteiger partial charge in [-0.15, -0.1) is 11.3 Å². The van der Waals surface area contributed by atoms with Crippen LogP contribution in [0.25, 0.3) is 10.1 Å². The third kappa shape index (κ3) is 5.81. The number of carbonyl (C=O) groups is 3. The number of carbonyl (C=O) groups excluding carboxylic acids is 3. The summed E-state index contributed by atoms with van der Waals surface area (Å²) in [4.78, 5) is 42.4. The van der Waals surface area contributed by atoms with Gasteiger partial charge in [-0.3, -0.25) is 9.59 Å². The average molecular weight is 608 g/mol. The van der Waals surface area contributed by atoms with Crippen LogP contribution in [-0.4, -0.2) is 53.0 Å². The van der Waals surface area contributed by atoms with Crippen LogP contribution in [0.3, 0.4) is 0 Å². The number of Topliss-reactive ketones (excluding diaryl/α,β-unsaturated/α-hetero) is 1. The van der Waals surface area contributed by atoms with Gasteiger partial charge in [-0.1, -0.05) is 18.2 Å². The number of amides is 2. The van der Waals surface area contributed by atoms with Crippen LogP contribution in [0.4, 0.5) is 10.5 Å². The van der Waals surface area contributed by atoms with Crippen LogP contribution in [0, 0.1) is 0 Å². The molecule has 3 aromatic rings. The molecule has 43 heavy (non-hydrogen) atoms. The van der Waals surface area contributed by atoms with Crippen LogP contribution in [0.1, 0.15) is 86.8 Å². The number of likely N-dealkylation sites (tertiary alicyclic amines) is 1. The minimum atomic E-state index is -1.55. The number of piperidine rings is 1. The zero-order chi connectivity index (χ0) is 31.5. The van der Waals surface area contributed by atoms with E-state index in [1.807, 2.05) is 41.5 Å². The molecule has 1 aromatic heterocycles. The molecule has 2 heterocycles. The van der Waals surface area contributed by atoms with Gasteiger partial charge < -0.3 is 36.9 Å². The third-order valence-corrected chi connectivity index (χ3v) is 8.91. The van der Waals surface area contributed by atoms with Crippen LogP contribution in [0.5, 0.6) is 5.75 Å². The zero-order valence-corrected chi connectivity index (χ0v) is 26.4.